The predicted octanol–water partition coefficient (Wildman–Crippen LogP) is 3.72. The Hall–Kier alpha value is -3.04. The van der Waals surface area contributed by atoms with Crippen molar-refractivity contribution in [3.05, 3.63) is 71.4 Å². The lowest BCUT2D eigenvalue weighted by Crippen LogP contribution is -2.57. The minimum absolute atomic E-state index is 0. The van der Waals surface area contributed by atoms with Crippen LogP contribution in [0.15, 0.2) is 54.7 Å². The molecule has 0 spiro atoms. The van der Waals surface area contributed by atoms with Gasteiger partial charge in [-0.05, 0) is 30.2 Å². The molecular weight excluding hydrogens is 469 g/mol. The van der Waals surface area contributed by atoms with Gasteiger partial charge < -0.3 is 15.2 Å². The van der Waals surface area contributed by atoms with Crippen molar-refractivity contribution in [2.24, 2.45) is 0 Å². The number of benzene rings is 2. The average molecular weight is 495 g/mol. The number of aromatic nitrogens is 1. The number of alkyl halides is 3. The molecule has 1 aromatic heterocycles. The summed E-state index contributed by atoms with van der Waals surface area (Å²) in [6.07, 6.45) is -2.30. The SMILES string of the molecule is CNC(=O)CN1CCN(C(=O)c2ccccc2C(F)(F)F)C(Cc2c[nH]c3ccccc23)C1.Cl. The monoisotopic (exact) mass is 494 g/mol. The summed E-state index contributed by atoms with van der Waals surface area (Å²) < 4.78 is 40.7. The number of nitrogens with zero attached hydrogens (tertiary/aromatic N) is 2. The number of carbonyl (C=O) groups excluding carboxylic acids is 2. The zero-order valence-electron chi connectivity index (χ0n) is 18.6. The molecule has 1 fully saturated rings. The van der Waals surface area contributed by atoms with Crippen LogP contribution in [0.2, 0.25) is 0 Å². The summed E-state index contributed by atoms with van der Waals surface area (Å²) >= 11 is 0. The maximum absolute atomic E-state index is 13.6. The highest BCUT2D eigenvalue weighted by molar-refractivity contribution is 5.96. The number of hydrogen-bond donors (Lipinski definition) is 2. The first-order valence-corrected chi connectivity index (χ1v) is 10.7. The molecule has 1 saturated heterocycles. The molecule has 6 nitrogen and oxygen atoms in total. The van der Waals surface area contributed by atoms with Gasteiger partial charge in [-0.2, -0.15) is 13.2 Å². The molecule has 4 rings (SSSR count). The summed E-state index contributed by atoms with van der Waals surface area (Å²) in [7, 11) is 1.56. The van der Waals surface area contributed by atoms with Crippen LogP contribution in [0.3, 0.4) is 0 Å². The first kappa shape index (κ1) is 25.6. The quantitative estimate of drug-likeness (QED) is 0.568. The topological polar surface area (TPSA) is 68.4 Å². The highest BCUT2D eigenvalue weighted by atomic mass is 35.5. The standard InChI is InChI=1S/C24H25F3N4O2.ClH/c1-28-22(32)15-30-10-11-31(23(33)19-7-2-4-8-20(19)24(25,26)27)17(14-30)12-16-13-29-21-9-5-3-6-18(16)21;/h2-9,13,17,29H,10-12,14-15H2,1H3,(H,28,32);1H. The Morgan fingerprint density at radius 2 is 1.79 bits per heavy atom. The van der Waals surface area contributed by atoms with E-state index in [1.807, 2.05) is 35.4 Å². The van der Waals surface area contributed by atoms with Crippen LogP contribution < -0.4 is 5.32 Å². The lowest BCUT2D eigenvalue weighted by Gasteiger charge is -2.41. The van der Waals surface area contributed by atoms with Gasteiger partial charge in [0.25, 0.3) is 5.91 Å². The molecule has 10 heteroatoms. The first-order valence-electron chi connectivity index (χ1n) is 10.7. The van der Waals surface area contributed by atoms with Crippen LogP contribution in [0, 0.1) is 0 Å². The minimum Gasteiger partial charge on any atom is -0.361 e. The number of fused-ring (bicyclic) bond motifs is 1. The van der Waals surface area contributed by atoms with Crippen LogP contribution in [0.1, 0.15) is 21.5 Å². The van der Waals surface area contributed by atoms with Gasteiger partial charge in [0.1, 0.15) is 0 Å². The zero-order chi connectivity index (χ0) is 23.6. The Morgan fingerprint density at radius 3 is 2.53 bits per heavy atom. The van der Waals surface area contributed by atoms with Gasteiger partial charge in [-0.25, -0.2) is 0 Å². The summed E-state index contributed by atoms with van der Waals surface area (Å²) in [4.78, 5) is 31.9. The van der Waals surface area contributed by atoms with Crippen molar-refractivity contribution in [1.82, 2.24) is 20.1 Å². The van der Waals surface area contributed by atoms with Gasteiger partial charge in [-0.15, -0.1) is 12.4 Å². The van der Waals surface area contributed by atoms with E-state index in [1.54, 1.807) is 7.05 Å². The maximum atomic E-state index is 13.6. The van der Waals surface area contributed by atoms with Crippen molar-refractivity contribution in [2.45, 2.75) is 18.6 Å². The van der Waals surface area contributed by atoms with Crippen LogP contribution in [-0.4, -0.2) is 65.9 Å². The number of amides is 2. The van der Waals surface area contributed by atoms with E-state index in [-0.39, 0.29) is 37.0 Å². The van der Waals surface area contributed by atoms with Gasteiger partial charge in [0.15, 0.2) is 0 Å². The fourth-order valence-corrected chi connectivity index (χ4v) is 4.41. The molecule has 34 heavy (non-hydrogen) atoms. The van der Waals surface area contributed by atoms with E-state index in [4.69, 9.17) is 0 Å². The van der Waals surface area contributed by atoms with Crippen molar-refractivity contribution < 1.29 is 22.8 Å². The van der Waals surface area contributed by atoms with E-state index in [1.165, 1.54) is 23.1 Å². The molecule has 3 aromatic rings. The molecule has 0 aliphatic carbocycles. The number of carbonyl (C=O) groups is 2. The van der Waals surface area contributed by atoms with Crippen molar-refractivity contribution >= 4 is 35.1 Å². The van der Waals surface area contributed by atoms with Crippen LogP contribution in [0.5, 0.6) is 0 Å². The molecular formula is C24H26ClF3N4O2. The Labute approximate surface area is 201 Å². The summed E-state index contributed by atoms with van der Waals surface area (Å²) in [6, 6.07) is 12.2. The van der Waals surface area contributed by atoms with Gasteiger partial charge in [0.2, 0.25) is 5.91 Å². The Morgan fingerprint density at radius 1 is 1.09 bits per heavy atom. The molecule has 2 N–H and O–H groups in total. The van der Waals surface area contributed by atoms with E-state index in [0.29, 0.717) is 19.5 Å². The number of nitrogens with one attached hydrogen (secondary N) is 2. The van der Waals surface area contributed by atoms with Crippen LogP contribution in [0.4, 0.5) is 13.2 Å². The molecule has 2 aromatic carbocycles. The van der Waals surface area contributed by atoms with Gasteiger partial charge in [0.05, 0.1) is 17.7 Å². The molecule has 2 heterocycles. The second-order valence-corrected chi connectivity index (χ2v) is 8.17. The highest BCUT2D eigenvalue weighted by Crippen LogP contribution is 2.33. The van der Waals surface area contributed by atoms with Crippen LogP contribution in [0.25, 0.3) is 10.9 Å². The lowest BCUT2D eigenvalue weighted by molar-refractivity contribution is -0.138. The molecule has 182 valence electrons. The van der Waals surface area contributed by atoms with E-state index in [9.17, 15) is 22.8 Å². The van der Waals surface area contributed by atoms with Crippen molar-refractivity contribution in [2.75, 3.05) is 33.2 Å². The largest absolute Gasteiger partial charge is 0.417 e. The Balaban J connectivity index is 0.00000324. The summed E-state index contributed by atoms with van der Waals surface area (Å²) in [6.45, 7) is 1.18. The van der Waals surface area contributed by atoms with E-state index < -0.39 is 23.7 Å². The molecule has 1 unspecified atom stereocenters. The molecule has 2 amide bonds. The Kier molecular flexibility index (Phi) is 7.89. The van der Waals surface area contributed by atoms with Crippen molar-refractivity contribution in [3.8, 4) is 0 Å². The summed E-state index contributed by atoms with van der Waals surface area (Å²) in [5.41, 5.74) is 0.632. The number of hydrogen-bond acceptors (Lipinski definition) is 3. The third-order valence-corrected chi connectivity index (χ3v) is 6.07. The van der Waals surface area contributed by atoms with Gasteiger partial charge in [-0.1, -0.05) is 30.3 Å². The van der Waals surface area contributed by atoms with Crippen LogP contribution in [-0.2, 0) is 17.4 Å². The smallest absolute Gasteiger partial charge is 0.361 e. The number of para-hydroxylation sites is 1. The van der Waals surface area contributed by atoms with Gasteiger partial charge >= 0.3 is 6.18 Å². The third-order valence-electron chi connectivity index (χ3n) is 6.07. The van der Waals surface area contributed by atoms with Crippen molar-refractivity contribution in [1.29, 1.82) is 0 Å². The number of halogens is 4. The number of H-pyrrole nitrogens is 1. The third kappa shape index (κ3) is 5.37. The summed E-state index contributed by atoms with van der Waals surface area (Å²) in [5, 5.41) is 3.59. The van der Waals surface area contributed by atoms with E-state index in [0.717, 1.165) is 22.5 Å². The second-order valence-electron chi connectivity index (χ2n) is 8.17. The molecule has 0 bridgehead atoms. The van der Waals surface area contributed by atoms with E-state index >= 15 is 0 Å². The number of rotatable bonds is 5. The molecule has 1 aliphatic heterocycles. The normalized spacial score (nSPS) is 16.8. The fraction of sp³-hybridized carbons (Fsp3) is 0.333. The van der Waals surface area contributed by atoms with Crippen molar-refractivity contribution in [3.63, 3.8) is 0 Å². The fourth-order valence-electron chi connectivity index (χ4n) is 4.41. The molecule has 0 saturated carbocycles. The summed E-state index contributed by atoms with van der Waals surface area (Å²) in [5.74, 6) is -0.796. The second kappa shape index (κ2) is 10.5. The zero-order valence-corrected chi connectivity index (χ0v) is 19.4. The van der Waals surface area contributed by atoms with E-state index in [2.05, 4.69) is 10.3 Å². The Bertz CT molecular complexity index is 1160. The predicted molar refractivity (Wildman–Crippen MR) is 126 cm³/mol. The number of likely N-dealkylation sites (N-methyl/N-ethyl adjacent to an activating group) is 1. The minimum atomic E-state index is -4.63. The van der Waals surface area contributed by atoms with Gasteiger partial charge in [0, 0.05) is 49.8 Å². The number of aromatic amines is 1. The lowest BCUT2D eigenvalue weighted by atomic mass is 9.99. The maximum Gasteiger partial charge on any atom is 0.417 e. The molecule has 0 radical (unpaired) electrons. The molecule has 1 atom stereocenters. The first-order chi connectivity index (χ1) is 15.8. The number of piperazine rings is 1. The van der Waals surface area contributed by atoms with Crippen LogP contribution >= 0.6 is 12.4 Å². The highest BCUT2D eigenvalue weighted by Gasteiger charge is 2.38. The average Bonchev–Trinajstić information content (AvgIpc) is 3.21. The van der Waals surface area contributed by atoms with Gasteiger partial charge in [-0.3, -0.25) is 14.5 Å². The molecule has 1 aliphatic rings.